The Morgan fingerprint density at radius 3 is 2.73 bits per heavy atom. The second-order valence-electron chi connectivity index (χ2n) is 6.70. The second kappa shape index (κ2) is 7.61. The summed E-state index contributed by atoms with van der Waals surface area (Å²) in [6, 6.07) is 22.5. The van der Waals surface area contributed by atoms with Crippen LogP contribution in [0.1, 0.15) is 5.69 Å². The van der Waals surface area contributed by atoms with Gasteiger partial charge in [0.05, 0.1) is 15.9 Å². The number of para-hydroxylation sites is 1. The van der Waals surface area contributed by atoms with Gasteiger partial charge in [-0.15, -0.1) is 0 Å². The van der Waals surface area contributed by atoms with Gasteiger partial charge in [0.1, 0.15) is 12.4 Å². The molecular formula is C23H16N2O4S. The fourth-order valence-corrected chi connectivity index (χ4v) is 4.40. The van der Waals surface area contributed by atoms with Crippen molar-refractivity contribution in [2.75, 3.05) is 6.61 Å². The molecule has 7 heteroatoms. The molecule has 0 saturated carbocycles. The highest BCUT2D eigenvalue weighted by molar-refractivity contribution is 7.23. The quantitative estimate of drug-likeness (QED) is 0.402. The molecule has 0 aliphatic carbocycles. The highest BCUT2D eigenvalue weighted by Gasteiger charge is 2.12. The molecule has 0 fully saturated rings. The average Bonchev–Trinajstić information content (AvgIpc) is 3.15. The van der Waals surface area contributed by atoms with Gasteiger partial charge in [0, 0.05) is 11.5 Å². The number of carbonyl (C=O) groups excluding carboxylic acids is 1. The van der Waals surface area contributed by atoms with Crippen molar-refractivity contribution in [3.8, 4) is 5.75 Å². The van der Waals surface area contributed by atoms with Crippen LogP contribution in [0.3, 0.4) is 0 Å². The van der Waals surface area contributed by atoms with E-state index in [0.29, 0.717) is 16.4 Å². The molecule has 0 aliphatic rings. The summed E-state index contributed by atoms with van der Waals surface area (Å²) in [7, 11) is 0. The number of hydrogen-bond acceptors (Lipinski definition) is 6. The summed E-state index contributed by atoms with van der Waals surface area (Å²) in [5, 5.41) is 1.96. The van der Waals surface area contributed by atoms with E-state index >= 15 is 0 Å². The first-order chi connectivity index (χ1) is 14.7. The molecule has 0 spiro atoms. The lowest BCUT2D eigenvalue weighted by atomic mass is 10.1. The molecule has 30 heavy (non-hydrogen) atoms. The minimum atomic E-state index is -0.527. The molecule has 0 amide bonds. The van der Waals surface area contributed by atoms with Crippen molar-refractivity contribution < 1.29 is 14.3 Å². The molecule has 0 aliphatic heterocycles. The zero-order chi connectivity index (χ0) is 20.5. The predicted molar refractivity (Wildman–Crippen MR) is 116 cm³/mol. The predicted octanol–water partition coefficient (Wildman–Crippen LogP) is 4.18. The molecule has 148 valence electrons. The van der Waals surface area contributed by atoms with Crippen LogP contribution in [0.25, 0.3) is 25.9 Å². The van der Waals surface area contributed by atoms with Crippen molar-refractivity contribution in [2.24, 2.45) is 0 Å². The first kappa shape index (κ1) is 18.3. The Morgan fingerprint density at radius 1 is 1.00 bits per heavy atom. The van der Waals surface area contributed by atoms with E-state index in [1.165, 1.54) is 17.4 Å². The summed E-state index contributed by atoms with van der Waals surface area (Å²) in [5.74, 6) is 0.0920. The zero-order valence-electron chi connectivity index (χ0n) is 15.8. The van der Waals surface area contributed by atoms with E-state index in [4.69, 9.17) is 9.47 Å². The van der Waals surface area contributed by atoms with E-state index in [1.54, 1.807) is 4.40 Å². The van der Waals surface area contributed by atoms with Gasteiger partial charge in [-0.1, -0.05) is 59.9 Å². The van der Waals surface area contributed by atoms with Gasteiger partial charge in [-0.3, -0.25) is 9.20 Å². The maximum absolute atomic E-state index is 12.5. The van der Waals surface area contributed by atoms with Crippen LogP contribution in [-0.2, 0) is 16.1 Å². The monoisotopic (exact) mass is 416 g/mol. The third kappa shape index (κ3) is 3.40. The molecule has 0 bridgehead atoms. The average molecular weight is 416 g/mol. The highest BCUT2D eigenvalue weighted by Crippen LogP contribution is 2.25. The smallest absolute Gasteiger partial charge is 0.344 e. The maximum atomic E-state index is 12.5. The lowest BCUT2D eigenvalue weighted by Gasteiger charge is -2.09. The van der Waals surface area contributed by atoms with Gasteiger partial charge < -0.3 is 9.47 Å². The topological polar surface area (TPSA) is 69.9 Å². The maximum Gasteiger partial charge on any atom is 0.344 e. The lowest BCUT2D eigenvalue weighted by molar-refractivity contribution is -0.147. The molecule has 0 saturated heterocycles. The summed E-state index contributed by atoms with van der Waals surface area (Å²) >= 11 is 1.42. The third-order valence-electron chi connectivity index (χ3n) is 4.72. The molecule has 2 aromatic heterocycles. The summed E-state index contributed by atoms with van der Waals surface area (Å²) in [6.07, 6.45) is 0. The molecule has 6 nitrogen and oxygen atoms in total. The highest BCUT2D eigenvalue weighted by atomic mass is 32.1. The Morgan fingerprint density at radius 2 is 1.80 bits per heavy atom. The molecule has 0 atom stereocenters. The summed E-state index contributed by atoms with van der Waals surface area (Å²) in [5.41, 5.74) is 1.03. The van der Waals surface area contributed by atoms with Crippen molar-refractivity contribution >= 4 is 43.3 Å². The van der Waals surface area contributed by atoms with Gasteiger partial charge in [0.2, 0.25) is 0 Å². The minimum Gasteiger partial charge on any atom is -0.481 e. The van der Waals surface area contributed by atoms with E-state index in [2.05, 4.69) is 4.98 Å². The van der Waals surface area contributed by atoms with Crippen LogP contribution in [0, 0.1) is 0 Å². The number of nitrogens with zero attached hydrogens (tertiary/aromatic N) is 2. The van der Waals surface area contributed by atoms with Crippen LogP contribution in [-0.4, -0.2) is 22.0 Å². The van der Waals surface area contributed by atoms with E-state index < -0.39 is 5.97 Å². The number of benzene rings is 3. The van der Waals surface area contributed by atoms with Gasteiger partial charge in [-0.05, 0) is 23.6 Å². The number of ether oxygens (including phenoxy) is 2. The molecular weight excluding hydrogens is 400 g/mol. The van der Waals surface area contributed by atoms with Crippen molar-refractivity contribution in [2.45, 2.75) is 6.61 Å². The number of esters is 1. The van der Waals surface area contributed by atoms with Gasteiger partial charge in [0.25, 0.3) is 5.56 Å². The molecule has 2 heterocycles. The Hall–Kier alpha value is -3.71. The summed E-state index contributed by atoms with van der Waals surface area (Å²) < 4.78 is 13.5. The molecule has 5 aromatic rings. The van der Waals surface area contributed by atoms with E-state index in [-0.39, 0.29) is 18.8 Å². The fraction of sp³-hybridized carbons (Fsp3) is 0.0870. The van der Waals surface area contributed by atoms with Crippen LogP contribution in [0.5, 0.6) is 5.75 Å². The van der Waals surface area contributed by atoms with Crippen LogP contribution in [0.15, 0.2) is 77.6 Å². The number of thiazole rings is 1. The van der Waals surface area contributed by atoms with Gasteiger partial charge in [0.15, 0.2) is 11.6 Å². The Kier molecular flexibility index (Phi) is 4.65. The first-order valence-electron chi connectivity index (χ1n) is 9.35. The number of hydrogen-bond donors (Lipinski definition) is 0. The Balaban J connectivity index is 1.29. The van der Waals surface area contributed by atoms with Gasteiger partial charge in [-0.25, -0.2) is 9.78 Å². The Labute approximate surface area is 174 Å². The van der Waals surface area contributed by atoms with Crippen LogP contribution in [0.4, 0.5) is 0 Å². The van der Waals surface area contributed by atoms with Crippen LogP contribution >= 0.6 is 11.3 Å². The van der Waals surface area contributed by atoms with Gasteiger partial charge >= 0.3 is 5.97 Å². The minimum absolute atomic E-state index is 0.0856. The fourth-order valence-electron chi connectivity index (χ4n) is 3.35. The standard InChI is InChI=1S/C23H16N2O4S/c26-21-12-16(24-23-25(21)18-9-3-4-11-20(18)30-23)13-29-22(27)14-28-19-10-5-7-15-6-1-2-8-17(15)19/h1-12H,13-14H2. The first-order valence-corrected chi connectivity index (χ1v) is 10.2. The molecule has 5 rings (SSSR count). The molecule has 0 radical (unpaired) electrons. The normalized spacial score (nSPS) is 11.2. The molecule has 0 N–H and O–H groups in total. The van der Waals surface area contributed by atoms with E-state index in [9.17, 15) is 9.59 Å². The zero-order valence-corrected chi connectivity index (χ0v) is 16.6. The number of aromatic nitrogens is 2. The van der Waals surface area contributed by atoms with E-state index in [1.807, 2.05) is 66.7 Å². The number of rotatable bonds is 5. The van der Waals surface area contributed by atoms with Crippen molar-refractivity contribution in [1.29, 1.82) is 0 Å². The van der Waals surface area contributed by atoms with Crippen molar-refractivity contribution in [3.05, 3.63) is 88.8 Å². The number of carbonyl (C=O) groups is 1. The SMILES string of the molecule is O=C(COc1cccc2ccccc12)OCc1cc(=O)n2c(n1)sc1ccccc12. The van der Waals surface area contributed by atoms with E-state index in [0.717, 1.165) is 21.0 Å². The third-order valence-corrected chi connectivity index (χ3v) is 5.75. The second-order valence-corrected chi connectivity index (χ2v) is 7.71. The number of fused-ring (bicyclic) bond motifs is 4. The summed E-state index contributed by atoms with van der Waals surface area (Å²) in [4.78, 5) is 29.7. The largest absolute Gasteiger partial charge is 0.481 e. The van der Waals surface area contributed by atoms with Crippen molar-refractivity contribution in [3.63, 3.8) is 0 Å². The molecule has 0 unspecified atom stereocenters. The van der Waals surface area contributed by atoms with Gasteiger partial charge in [-0.2, -0.15) is 0 Å². The van der Waals surface area contributed by atoms with Crippen molar-refractivity contribution in [1.82, 2.24) is 9.38 Å². The van der Waals surface area contributed by atoms with Crippen LogP contribution in [0.2, 0.25) is 0 Å². The lowest BCUT2D eigenvalue weighted by Crippen LogP contribution is -2.18. The molecule has 3 aromatic carbocycles. The summed E-state index contributed by atoms with van der Waals surface area (Å²) in [6.45, 7) is -0.310. The Bertz CT molecular complexity index is 1450. The van der Waals surface area contributed by atoms with Crippen LogP contribution < -0.4 is 10.3 Å².